The van der Waals surface area contributed by atoms with Gasteiger partial charge in [0.15, 0.2) is 0 Å². The molecule has 1 fully saturated rings. The summed E-state index contributed by atoms with van der Waals surface area (Å²) < 4.78 is 19.2. The molecule has 1 atom stereocenters. The second-order valence-corrected chi connectivity index (χ2v) is 5.84. The summed E-state index contributed by atoms with van der Waals surface area (Å²) in [6, 6.07) is 2.89. The molecule has 7 heteroatoms. The molecule has 0 saturated carbocycles. The SMILES string of the molecule is Fc1ccc(OCC2CCN(c3ncc(Br)cn3)C2)nc1. The van der Waals surface area contributed by atoms with Gasteiger partial charge in [0.2, 0.25) is 11.8 Å². The zero-order valence-electron chi connectivity index (χ0n) is 11.2. The first-order valence-corrected chi connectivity index (χ1v) is 7.47. The van der Waals surface area contributed by atoms with Crippen LogP contribution in [-0.2, 0) is 0 Å². The zero-order chi connectivity index (χ0) is 14.7. The van der Waals surface area contributed by atoms with Crippen LogP contribution in [0.2, 0.25) is 0 Å². The van der Waals surface area contributed by atoms with Crippen LogP contribution in [0.3, 0.4) is 0 Å². The fourth-order valence-corrected chi connectivity index (χ4v) is 2.47. The van der Waals surface area contributed by atoms with E-state index in [1.54, 1.807) is 18.5 Å². The highest BCUT2D eigenvalue weighted by Crippen LogP contribution is 2.22. The van der Waals surface area contributed by atoms with Gasteiger partial charge in [-0.25, -0.2) is 19.3 Å². The highest BCUT2D eigenvalue weighted by atomic mass is 79.9. The summed E-state index contributed by atoms with van der Waals surface area (Å²) in [7, 11) is 0. The van der Waals surface area contributed by atoms with E-state index in [1.807, 2.05) is 0 Å². The average Bonchev–Trinajstić information content (AvgIpc) is 2.96. The molecule has 0 spiro atoms. The van der Waals surface area contributed by atoms with Crippen LogP contribution in [-0.4, -0.2) is 34.6 Å². The third kappa shape index (κ3) is 3.66. The molecule has 3 heterocycles. The molecule has 0 aliphatic carbocycles. The van der Waals surface area contributed by atoms with Crippen LogP contribution >= 0.6 is 15.9 Å². The van der Waals surface area contributed by atoms with Gasteiger partial charge >= 0.3 is 0 Å². The van der Waals surface area contributed by atoms with Crippen molar-refractivity contribution in [3.05, 3.63) is 41.0 Å². The van der Waals surface area contributed by atoms with E-state index in [9.17, 15) is 4.39 Å². The number of anilines is 1. The second-order valence-electron chi connectivity index (χ2n) is 4.93. The normalized spacial score (nSPS) is 18.0. The Labute approximate surface area is 130 Å². The molecule has 1 saturated heterocycles. The van der Waals surface area contributed by atoms with Crippen molar-refractivity contribution >= 4 is 21.9 Å². The average molecular weight is 353 g/mol. The number of pyridine rings is 1. The van der Waals surface area contributed by atoms with E-state index in [-0.39, 0.29) is 5.82 Å². The van der Waals surface area contributed by atoms with Crippen molar-refractivity contribution in [2.75, 3.05) is 24.6 Å². The van der Waals surface area contributed by atoms with E-state index in [2.05, 4.69) is 35.8 Å². The first-order valence-electron chi connectivity index (χ1n) is 6.67. The van der Waals surface area contributed by atoms with Gasteiger partial charge in [-0.3, -0.25) is 0 Å². The molecule has 1 aliphatic rings. The minimum atomic E-state index is -0.359. The lowest BCUT2D eigenvalue weighted by Crippen LogP contribution is -2.23. The largest absolute Gasteiger partial charge is 0.477 e. The molecule has 1 aliphatic heterocycles. The van der Waals surface area contributed by atoms with E-state index in [4.69, 9.17) is 4.74 Å². The smallest absolute Gasteiger partial charge is 0.225 e. The lowest BCUT2D eigenvalue weighted by atomic mass is 10.1. The van der Waals surface area contributed by atoms with Crippen molar-refractivity contribution in [2.45, 2.75) is 6.42 Å². The summed E-state index contributed by atoms with van der Waals surface area (Å²) in [6.07, 6.45) is 5.66. The molecular weight excluding hydrogens is 339 g/mol. The molecule has 0 amide bonds. The van der Waals surface area contributed by atoms with Crippen LogP contribution in [0.15, 0.2) is 35.2 Å². The van der Waals surface area contributed by atoms with Crippen LogP contribution in [0.1, 0.15) is 6.42 Å². The monoisotopic (exact) mass is 352 g/mol. The van der Waals surface area contributed by atoms with Gasteiger partial charge in [-0.05, 0) is 28.4 Å². The van der Waals surface area contributed by atoms with Gasteiger partial charge in [0, 0.05) is 37.5 Å². The number of ether oxygens (including phenoxy) is 1. The lowest BCUT2D eigenvalue weighted by molar-refractivity contribution is 0.251. The number of halogens is 2. The summed E-state index contributed by atoms with van der Waals surface area (Å²) >= 11 is 3.32. The summed E-state index contributed by atoms with van der Waals surface area (Å²) in [5.74, 6) is 1.22. The Bertz CT molecular complexity index is 593. The van der Waals surface area contributed by atoms with E-state index < -0.39 is 0 Å². The van der Waals surface area contributed by atoms with Crippen molar-refractivity contribution in [2.24, 2.45) is 5.92 Å². The molecule has 2 aromatic heterocycles. The molecule has 1 unspecified atom stereocenters. The molecule has 2 aromatic rings. The van der Waals surface area contributed by atoms with Gasteiger partial charge in [-0.1, -0.05) is 0 Å². The minimum Gasteiger partial charge on any atom is -0.477 e. The number of nitrogens with zero attached hydrogens (tertiary/aromatic N) is 4. The van der Waals surface area contributed by atoms with E-state index in [0.717, 1.165) is 36.1 Å². The summed E-state index contributed by atoms with van der Waals surface area (Å²) in [4.78, 5) is 14.6. The van der Waals surface area contributed by atoms with Crippen LogP contribution in [0, 0.1) is 11.7 Å². The quantitative estimate of drug-likeness (QED) is 0.846. The summed E-state index contributed by atoms with van der Waals surface area (Å²) in [5, 5.41) is 0. The Morgan fingerprint density at radius 2 is 2.05 bits per heavy atom. The Balaban J connectivity index is 1.52. The van der Waals surface area contributed by atoms with Gasteiger partial charge < -0.3 is 9.64 Å². The predicted molar refractivity (Wildman–Crippen MR) is 79.7 cm³/mol. The number of hydrogen-bond acceptors (Lipinski definition) is 5. The molecular formula is C14H14BrFN4O. The van der Waals surface area contributed by atoms with Gasteiger partial charge in [-0.2, -0.15) is 0 Å². The molecule has 0 bridgehead atoms. The molecule has 0 aromatic carbocycles. The van der Waals surface area contributed by atoms with Crippen molar-refractivity contribution < 1.29 is 9.13 Å². The third-order valence-electron chi connectivity index (χ3n) is 3.34. The molecule has 21 heavy (non-hydrogen) atoms. The van der Waals surface area contributed by atoms with Crippen molar-refractivity contribution in [3.63, 3.8) is 0 Å². The van der Waals surface area contributed by atoms with Crippen molar-refractivity contribution in [1.29, 1.82) is 0 Å². The topological polar surface area (TPSA) is 51.1 Å². The fourth-order valence-electron chi connectivity index (χ4n) is 2.27. The van der Waals surface area contributed by atoms with Crippen LogP contribution < -0.4 is 9.64 Å². The highest BCUT2D eigenvalue weighted by Gasteiger charge is 2.24. The molecule has 0 radical (unpaired) electrons. The van der Waals surface area contributed by atoms with E-state index in [0.29, 0.717) is 18.4 Å². The maximum Gasteiger partial charge on any atom is 0.225 e. The Morgan fingerprint density at radius 3 is 2.76 bits per heavy atom. The first kappa shape index (κ1) is 14.2. The lowest BCUT2D eigenvalue weighted by Gasteiger charge is -2.16. The second kappa shape index (κ2) is 6.34. The predicted octanol–water partition coefficient (Wildman–Crippen LogP) is 2.68. The zero-order valence-corrected chi connectivity index (χ0v) is 12.8. The fraction of sp³-hybridized carbons (Fsp3) is 0.357. The van der Waals surface area contributed by atoms with Crippen LogP contribution in [0.5, 0.6) is 5.88 Å². The standard InChI is InChI=1S/C14H14BrFN4O/c15-11-5-18-14(19-6-11)20-4-3-10(8-20)9-21-13-2-1-12(16)7-17-13/h1-2,5-7,10H,3-4,8-9H2. The van der Waals surface area contributed by atoms with Crippen LogP contribution in [0.25, 0.3) is 0 Å². The number of aromatic nitrogens is 3. The highest BCUT2D eigenvalue weighted by molar-refractivity contribution is 9.10. The van der Waals surface area contributed by atoms with Crippen molar-refractivity contribution in [1.82, 2.24) is 15.0 Å². The van der Waals surface area contributed by atoms with E-state index >= 15 is 0 Å². The van der Waals surface area contributed by atoms with Gasteiger partial charge in [-0.15, -0.1) is 0 Å². The molecule has 3 rings (SSSR count). The maximum atomic E-state index is 12.8. The number of hydrogen-bond donors (Lipinski definition) is 0. The Kier molecular flexibility index (Phi) is 4.28. The Morgan fingerprint density at radius 1 is 1.24 bits per heavy atom. The molecule has 110 valence electrons. The van der Waals surface area contributed by atoms with Crippen LogP contribution in [0.4, 0.5) is 10.3 Å². The first-order chi connectivity index (χ1) is 10.2. The minimum absolute atomic E-state index is 0.359. The Hall–Kier alpha value is -1.76. The van der Waals surface area contributed by atoms with E-state index in [1.165, 1.54) is 6.07 Å². The molecule has 0 N–H and O–H groups in total. The van der Waals surface area contributed by atoms with Gasteiger partial charge in [0.1, 0.15) is 5.82 Å². The maximum absolute atomic E-state index is 12.8. The third-order valence-corrected chi connectivity index (χ3v) is 3.75. The summed E-state index contributed by atoms with van der Waals surface area (Å²) in [5.41, 5.74) is 0. The van der Waals surface area contributed by atoms with Gasteiger partial charge in [0.25, 0.3) is 0 Å². The molecule has 5 nitrogen and oxygen atoms in total. The van der Waals surface area contributed by atoms with Crippen molar-refractivity contribution in [3.8, 4) is 5.88 Å². The number of rotatable bonds is 4. The van der Waals surface area contributed by atoms with Gasteiger partial charge in [0.05, 0.1) is 17.3 Å². The summed E-state index contributed by atoms with van der Waals surface area (Å²) in [6.45, 7) is 2.32.